The van der Waals surface area contributed by atoms with Crippen LogP contribution in [0.15, 0.2) is 12.1 Å². The van der Waals surface area contributed by atoms with Crippen molar-refractivity contribution in [2.75, 3.05) is 5.73 Å². The van der Waals surface area contributed by atoms with E-state index in [2.05, 4.69) is 5.32 Å². The molecule has 0 saturated carbocycles. The number of nitrogens with two attached hydrogens (primary N) is 1. The number of benzene rings is 1. The van der Waals surface area contributed by atoms with Gasteiger partial charge in [0.15, 0.2) is 0 Å². The Hall–Kier alpha value is -2.91. The summed E-state index contributed by atoms with van der Waals surface area (Å²) in [6, 6.07) is 0.888. The number of anilines is 1. The molecule has 0 radical (unpaired) electrons. The first kappa shape index (κ1) is 21.1. The molecule has 4 N–H and O–H groups in total. The minimum Gasteiger partial charge on any atom is -0.480 e. The summed E-state index contributed by atoms with van der Waals surface area (Å²) in [6.45, 7) is 4.90. The molecule has 1 aromatic rings. The summed E-state index contributed by atoms with van der Waals surface area (Å²) in [6.07, 6.45) is -0.734. The SMILES string of the molecule is CC(C)(C)OC(=O)NC(CCCc1cc(N)cc(F)c1[N+](=O)[O-])C(=O)O. The number of aryl methyl sites for hydroxylation is 1. The molecule has 1 unspecified atom stereocenters. The maximum absolute atomic E-state index is 13.7. The zero-order chi connectivity index (χ0) is 20.1. The lowest BCUT2D eigenvalue weighted by Gasteiger charge is -2.22. The number of amides is 1. The highest BCUT2D eigenvalue weighted by atomic mass is 19.1. The summed E-state index contributed by atoms with van der Waals surface area (Å²) in [5, 5.41) is 22.4. The summed E-state index contributed by atoms with van der Waals surface area (Å²) < 4.78 is 18.7. The van der Waals surface area contributed by atoms with Crippen LogP contribution in [-0.4, -0.2) is 33.7 Å². The topological polar surface area (TPSA) is 145 Å². The van der Waals surface area contributed by atoms with Crippen molar-refractivity contribution in [1.82, 2.24) is 5.32 Å². The summed E-state index contributed by atoms with van der Waals surface area (Å²) in [4.78, 5) is 33.1. The second-order valence-electron chi connectivity index (χ2n) is 6.70. The average molecular weight is 371 g/mol. The number of carboxylic acids is 1. The number of alkyl carbamates (subject to hydrolysis) is 1. The molecule has 1 amide bonds. The van der Waals surface area contributed by atoms with E-state index in [0.717, 1.165) is 6.07 Å². The van der Waals surface area contributed by atoms with Crippen LogP contribution in [0.3, 0.4) is 0 Å². The van der Waals surface area contributed by atoms with Crippen LogP contribution in [0.4, 0.5) is 20.6 Å². The van der Waals surface area contributed by atoms with Crippen LogP contribution in [0.2, 0.25) is 0 Å². The number of ether oxygens (including phenoxy) is 1. The first-order valence-electron chi connectivity index (χ1n) is 7.85. The number of nitrogen functional groups attached to an aromatic ring is 1. The molecule has 0 aliphatic rings. The molecule has 0 aliphatic carbocycles. The molecule has 1 rings (SSSR count). The van der Waals surface area contributed by atoms with Gasteiger partial charge >= 0.3 is 17.7 Å². The van der Waals surface area contributed by atoms with E-state index in [-0.39, 0.29) is 30.5 Å². The minimum atomic E-state index is -1.27. The van der Waals surface area contributed by atoms with Gasteiger partial charge in [0.1, 0.15) is 11.6 Å². The third-order valence-corrected chi connectivity index (χ3v) is 3.28. The van der Waals surface area contributed by atoms with Crippen LogP contribution < -0.4 is 11.1 Å². The fourth-order valence-electron chi connectivity index (χ4n) is 2.28. The lowest BCUT2D eigenvalue weighted by molar-refractivity contribution is -0.388. The Morgan fingerprint density at radius 2 is 2.04 bits per heavy atom. The third-order valence-electron chi connectivity index (χ3n) is 3.28. The standard InChI is InChI=1S/C16H22FN3O6/c1-16(2,3)26-15(23)19-12(14(21)22)6-4-5-9-7-10(18)8-11(17)13(9)20(24)25/h7-8,12H,4-6,18H2,1-3H3,(H,19,23)(H,21,22). The molecule has 1 aromatic carbocycles. The third kappa shape index (κ3) is 6.54. The van der Waals surface area contributed by atoms with Crippen LogP contribution >= 0.6 is 0 Å². The maximum Gasteiger partial charge on any atom is 0.408 e. The lowest BCUT2D eigenvalue weighted by atomic mass is 10.0. The van der Waals surface area contributed by atoms with Crippen LogP contribution in [0, 0.1) is 15.9 Å². The quantitative estimate of drug-likeness (QED) is 0.379. The van der Waals surface area contributed by atoms with Gasteiger partial charge in [-0.25, -0.2) is 9.59 Å². The van der Waals surface area contributed by atoms with Crippen LogP contribution in [0.25, 0.3) is 0 Å². The Balaban J connectivity index is 2.76. The summed E-state index contributed by atoms with van der Waals surface area (Å²) in [7, 11) is 0. The summed E-state index contributed by atoms with van der Waals surface area (Å²) in [5.74, 6) is -2.32. The van der Waals surface area contributed by atoms with Gasteiger partial charge in [0.2, 0.25) is 5.82 Å². The first-order valence-corrected chi connectivity index (χ1v) is 7.85. The predicted octanol–water partition coefficient (Wildman–Crippen LogP) is 2.62. The van der Waals surface area contributed by atoms with Gasteiger partial charge in [-0.2, -0.15) is 4.39 Å². The van der Waals surface area contributed by atoms with E-state index < -0.39 is 40.1 Å². The van der Waals surface area contributed by atoms with Gasteiger partial charge in [0, 0.05) is 17.3 Å². The van der Waals surface area contributed by atoms with E-state index in [1.165, 1.54) is 6.07 Å². The van der Waals surface area contributed by atoms with Gasteiger partial charge in [0.25, 0.3) is 0 Å². The maximum atomic E-state index is 13.7. The molecule has 1 atom stereocenters. The highest BCUT2D eigenvalue weighted by Gasteiger charge is 2.25. The molecule has 0 spiro atoms. The van der Waals surface area contributed by atoms with Gasteiger partial charge in [-0.05, 0) is 46.1 Å². The molecular formula is C16H22FN3O6. The second kappa shape index (κ2) is 8.45. The van der Waals surface area contributed by atoms with E-state index in [1.54, 1.807) is 20.8 Å². The average Bonchev–Trinajstić information content (AvgIpc) is 2.42. The Bertz CT molecular complexity index is 702. The second-order valence-corrected chi connectivity index (χ2v) is 6.70. The van der Waals surface area contributed by atoms with Crippen molar-refractivity contribution in [2.24, 2.45) is 0 Å². The number of hydrogen-bond donors (Lipinski definition) is 3. The van der Waals surface area contributed by atoms with Crippen LogP contribution in [0.5, 0.6) is 0 Å². The van der Waals surface area contributed by atoms with Crippen LogP contribution in [0.1, 0.15) is 39.2 Å². The number of halogens is 1. The smallest absolute Gasteiger partial charge is 0.408 e. The first-order chi connectivity index (χ1) is 11.9. The number of carbonyl (C=O) groups excluding carboxylic acids is 1. The van der Waals surface area contributed by atoms with Crippen molar-refractivity contribution in [3.05, 3.63) is 33.6 Å². The number of carbonyl (C=O) groups is 2. The molecule has 0 saturated heterocycles. The van der Waals surface area contributed by atoms with Crippen molar-refractivity contribution < 1.29 is 28.7 Å². The van der Waals surface area contributed by atoms with Crippen molar-refractivity contribution in [3.8, 4) is 0 Å². The van der Waals surface area contributed by atoms with E-state index >= 15 is 0 Å². The Morgan fingerprint density at radius 3 is 2.54 bits per heavy atom. The molecule has 26 heavy (non-hydrogen) atoms. The molecule has 144 valence electrons. The van der Waals surface area contributed by atoms with E-state index in [9.17, 15) is 29.2 Å². The molecule has 0 aromatic heterocycles. The predicted molar refractivity (Wildman–Crippen MR) is 91.2 cm³/mol. The minimum absolute atomic E-state index is 0.0256. The normalized spacial score (nSPS) is 12.3. The van der Waals surface area contributed by atoms with Crippen molar-refractivity contribution in [2.45, 2.75) is 51.7 Å². The molecule has 9 nitrogen and oxygen atoms in total. The highest BCUT2D eigenvalue weighted by molar-refractivity contribution is 5.79. The monoisotopic (exact) mass is 371 g/mol. The van der Waals surface area contributed by atoms with E-state index in [0.29, 0.717) is 0 Å². The number of nitro benzene ring substituents is 1. The fraction of sp³-hybridized carbons (Fsp3) is 0.500. The van der Waals surface area contributed by atoms with Gasteiger partial charge in [0.05, 0.1) is 4.92 Å². The number of rotatable bonds is 7. The zero-order valence-electron chi connectivity index (χ0n) is 14.7. The molecule has 0 bridgehead atoms. The number of hydrogen-bond acceptors (Lipinski definition) is 6. The lowest BCUT2D eigenvalue weighted by Crippen LogP contribution is -2.43. The molecular weight excluding hydrogens is 349 g/mol. The zero-order valence-corrected chi connectivity index (χ0v) is 14.7. The number of carboxylic acid groups (broad SMARTS) is 1. The largest absolute Gasteiger partial charge is 0.480 e. The Morgan fingerprint density at radius 1 is 1.42 bits per heavy atom. The van der Waals surface area contributed by atoms with Gasteiger partial charge in [-0.3, -0.25) is 10.1 Å². The van der Waals surface area contributed by atoms with Crippen molar-refractivity contribution >= 4 is 23.4 Å². The highest BCUT2D eigenvalue weighted by Crippen LogP contribution is 2.27. The molecule has 0 aliphatic heterocycles. The molecule has 0 heterocycles. The number of nitrogens with zero attached hydrogens (tertiary/aromatic N) is 1. The molecule has 10 heteroatoms. The Kier molecular flexibility index (Phi) is 6.87. The van der Waals surface area contributed by atoms with E-state index in [4.69, 9.17) is 10.5 Å². The molecule has 0 fully saturated rings. The van der Waals surface area contributed by atoms with Crippen LogP contribution in [-0.2, 0) is 16.0 Å². The van der Waals surface area contributed by atoms with Gasteiger partial charge in [-0.15, -0.1) is 0 Å². The van der Waals surface area contributed by atoms with Crippen molar-refractivity contribution in [1.29, 1.82) is 0 Å². The fourth-order valence-corrected chi connectivity index (χ4v) is 2.28. The van der Waals surface area contributed by atoms with E-state index in [1.807, 2.05) is 0 Å². The summed E-state index contributed by atoms with van der Waals surface area (Å²) >= 11 is 0. The Labute approximate surface area is 149 Å². The number of nitrogens with one attached hydrogen (secondary N) is 1. The summed E-state index contributed by atoms with van der Waals surface area (Å²) in [5.41, 5.74) is 4.12. The van der Waals surface area contributed by atoms with Gasteiger partial charge < -0.3 is 20.9 Å². The number of nitro groups is 1. The number of aliphatic carboxylic acids is 1. The van der Waals surface area contributed by atoms with Crippen molar-refractivity contribution in [3.63, 3.8) is 0 Å². The van der Waals surface area contributed by atoms with Gasteiger partial charge in [-0.1, -0.05) is 0 Å².